The third-order valence-corrected chi connectivity index (χ3v) is 12.9. The number of nitrogens with zero attached hydrogens (tertiary/aromatic N) is 1. The maximum atomic E-state index is 10.6. The Bertz CT molecular complexity index is 1020. The van der Waals surface area contributed by atoms with Crippen molar-refractivity contribution in [3.63, 3.8) is 0 Å². The fraction of sp³-hybridized carbons (Fsp3) is 0.788. The summed E-state index contributed by atoms with van der Waals surface area (Å²) in [5.41, 5.74) is 5.45. The molecule has 2 spiro atoms. The van der Waals surface area contributed by atoms with Crippen molar-refractivity contribution < 1.29 is 10.2 Å². The summed E-state index contributed by atoms with van der Waals surface area (Å²) in [5, 5.41) is 20.9. The van der Waals surface area contributed by atoms with Crippen LogP contribution in [0.25, 0.3) is 0 Å². The Morgan fingerprint density at radius 3 is 2.67 bits per heavy atom. The molecule has 4 fully saturated rings. The number of aliphatic imine (C=N–C) groups is 1. The standard InChI is InChI=1S/C33H49NO2/c1-21-13-27-31(5,29-28(21)30(29,3)4)22(2)33(10-6-7-26(33)19-36)20-32(27)11-8-23(16-32)14-25(18-35)15-24-9-12-34-17-24/h9,13,17,22-23,25-26,28-29,35-36H,1,6-8,10-12,14-16,18-20H2,2-5H3. The fourth-order valence-corrected chi connectivity index (χ4v) is 11.4. The van der Waals surface area contributed by atoms with Crippen LogP contribution in [-0.2, 0) is 0 Å². The predicted octanol–water partition coefficient (Wildman–Crippen LogP) is 6.77. The number of hydrogen-bond acceptors (Lipinski definition) is 3. The molecule has 1 aliphatic heterocycles. The van der Waals surface area contributed by atoms with Gasteiger partial charge in [0.15, 0.2) is 0 Å². The first-order valence-corrected chi connectivity index (χ1v) is 14.9. The molecule has 6 aliphatic rings. The number of rotatable bonds is 6. The highest BCUT2D eigenvalue weighted by atomic mass is 16.3. The molecule has 0 aromatic heterocycles. The normalized spacial score (nSPS) is 47.2. The Kier molecular flexibility index (Phi) is 5.86. The van der Waals surface area contributed by atoms with Gasteiger partial charge in [0.1, 0.15) is 0 Å². The van der Waals surface area contributed by atoms with Crippen molar-refractivity contribution in [3.8, 4) is 0 Å². The van der Waals surface area contributed by atoms with Gasteiger partial charge in [0.25, 0.3) is 0 Å². The van der Waals surface area contributed by atoms with Crippen molar-refractivity contribution in [3.05, 3.63) is 35.5 Å². The molecule has 0 bridgehead atoms. The molecule has 2 N–H and O–H groups in total. The van der Waals surface area contributed by atoms with E-state index in [-0.39, 0.29) is 22.9 Å². The van der Waals surface area contributed by atoms with Crippen LogP contribution in [-0.4, -0.2) is 36.2 Å². The highest BCUT2D eigenvalue weighted by Gasteiger charge is 2.75. The zero-order chi connectivity index (χ0) is 25.5. The molecule has 1 heterocycles. The van der Waals surface area contributed by atoms with E-state index in [0.717, 1.165) is 19.4 Å². The van der Waals surface area contributed by atoms with Crippen LogP contribution in [0.5, 0.6) is 0 Å². The van der Waals surface area contributed by atoms with Crippen molar-refractivity contribution in [2.45, 2.75) is 85.5 Å². The Balaban J connectivity index is 1.35. The SMILES string of the molecule is C=C1C=C2C3(CCC(CC(CO)CC4=CCN=C4)C3)CC3(CCCC3CO)C(C)C2(C)C2C1C2(C)C. The van der Waals surface area contributed by atoms with Crippen molar-refractivity contribution >= 4 is 6.21 Å². The van der Waals surface area contributed by atoms with Crippen molar-refractivity contribution in [2.24, 2.45) is 62.2 Å². The van der Waals surface area contributed by atoms with Gasteiger partial charge in [0.05, 0.1) is 6.54 Å². The third-order valence-electron chi connectivity index (χ3n) is 12.9. The maximum Gasteiger partial charge on any atom is 0.0576 e. The van der Waals surface area contributed by atoms with E-state index in [1.165, 1.54) is 56.1 Å². The van der Waals surface area contributed by atoms with Crippen LogP contribution in [0.15, 0.2) is 40.4 Å². The van der Waals surface area contributed by atoms with Gasteiger partial charge in [0, 0.05) is 19.4 Å². The number of hydrogen-bond donors (Lipinski definition) is 2. The van der Waals surface area contributed by atoms with E-state index in [2.05, 4.69) is 51.4 Å². The van der Waals surface area contributed by atoms with E-state index >= 15 is 0 Å². The topological polar surface area (TPSA) is 52.8 Å². The maximum absolute atomic E-state index is 10.6. The summed E-state index contributed by atoms with van der Waals surface area (Å²) in [6.07, 6.45) is 17.7. The lowest BCUT2D eigenvalue weighted by molar-refractivity contribution is -0.0839. The van der Waals surface area contributed by atoms with E-state index in [4.69, 9.17) is 0 Å². The van der Waals surface area contributed by atoms with E-state index in [1.807, 2.05) is 6.21 Å². The smallest absolute Gasteiger partial charge is 0.0576 e. The van der Waals surface area contributed by atoms with Crippen LogP contribution in [0, 0.1) is 57.2 Å². The molecule has 9 unspecified atom stereocenters. The second kappa shape index (κ2) is 8.40. The Morgan fingerprint density at radius 1 is 1.17 bits per heavy atom. The summed E-state index contributed by atoms with van der Waals surface area (Å²) in [6.45, 7) is 16.2. The molecule has 0 saturated heterocycles. The molecule has 0 amide bonds. The molecule has 36 heavy (non-hydrogen) atoms. The predicted molar refractivity (Wildman–Crippen MR) is 148 cm³/mol. The molecule has 5 aliphatic carbocycles. The van der Waals surface area contributed by atoms with E-state index in [1.54, 1.807) is 5.57 Å². The van der Waals surface area contributed by atoms with Crippen molar-refractivity contribution in [2.75, 3.05) is 19.8 Å². The molecule has 0 aromatic rings. The lowest BCUT2D eigenvalue weighted by Gasteiger charge is -2.63. The number of allylic oxidation sites excluding steroid dienone is 4. The second-order valence-electron chi connectivity index (χ2n) is 14.7. The molecule has 3 nitrogen and oxygen atoms in total. The fourth-order valence-electron chi connectivity index (χ4n) is 11.4. The van der Waals surface area contributed by atoms with Gasteiger partial charge in [-0.2, -0.15) is 0 Å². The lowest BCUT2D eigenvalue weighted by atomic mass is 9.41. The van der Waals surface area contributed by atoms with Crippen molar-refractivity contribution in [1.82, 2.24) is 0 Å². The number of aliphatic hydroxyl groups excluding tert-OH is 2. The summed E-state index contributed by atoms with van der Waals surface area (Å²) in [5.74, 6) is 3.35. The average Bonchev–Trinajstić information content (AvgIpc) is 3.34. The molecule has 3 heteroatoms. The summed E-state index contributed by atoms with van der Waals surface area (Å²) < 4.78 is 0. The third kappa shape index (κ3) is 3.33. The Morgan fingerprint density at radius 2 is 1.97 bits per heavy atom. The summed E-state index contributed by atoms with van der Waals surface area (Å²) in [7, 11) is 0. The minimum Gasteiger partial charge on any atom is -0.396 e. The highest BCUT2D eigenvalue weighted by Crippen LogP contribution is 2.82. The van der Waals surface area contributed by atoms with E-state index in [9.17, 15) is 10.2 Å². The van der Waals surface area contributed by atoms with Gasteiger partial charge in [-0.15, -0.1) is 0 Å². The van der Waals surface area contributed by atoms with Gasteiger partial charge in [-0.3, -0.25) is 4.99 Å². The zero-order valence-electron chi connectivity index (χ0n) is 23.2. The first-order valence-electron chi connectivity index (χ1n) is 14.9. The minimum atomic E-state index is 0.196. The molecular formula is C33H49NO2. The quantitative estimate of drug-likeness (QED) is 0.431. The Labute approximate surface area is 219 Å². The molecule has 6 rings (SSSR count). The van der Waals surface area contributed by atoms with Gasteiger partial charge in [-0.25, -0.2) is 0 Å². The van der Waals surface area contributed by atoms with Crippen LogP contribution in [0.4, 0.5) is 0 Å². The highest BCUT2D eigenvalue weighted by molar-refractivity contribution is 5.80. The second-order valence-corrected chi connectivity index (χ2v) is 14.7. The van der Waals surface area contributed by atoms with Crippen LogP contribution in [0.3, 0.4) is 0 Å². The molecule has 0 radical (unpaired) electrons. The van der Waals surface area contributed by atoms with Gasteiger partial charge >= 0.3 is 0 Å². The summed E-state index contributed by atoms with van der Waals surface area (Å²) in [4.78, 5) is 4.36. The Hall–Kier alpha value is -1.19. The van der Waals surface area contributed by atoms with Crippen LogP contribution >= 0.6 is 0 Å². The van der Waals surface area contributed by atoms with Crippen molar-refractivity contribution in [1.29, 1.82) is 0 Å². The van der Waals surface area contributed by atoms with E-state index in [0.29, 0.717) is 47.5 Å². The zero-order valence-corrected chi connectivity index (χ0v) is 23.2. The van der Waals surface area contributed by atoms with Gasteiger partial charge in [0.2, 0.25) is 0 Å². The van der Waals surface area contributed by atoms with Crippen LogP contribution < -0.4 is 0 Å². The number of fused-ring (bicyclic) bond motifs is 4. The minimum absolute atomic E-state index is 0.196. The van der Waals surface area contributed by atoms with E-state index < -0.39 is 0 Å². The first-order chi connectivity index (χ1) is 17.1. The summed E-state index contributed by atoms with van der Waals surface area (Å²) >= 11 is 0. The lowest BCUT2D eigenvalue weighted by Crippen LogP contribution is -2.56. The van der Waals surface area contributed by atoms with Crippen LogP contribution in [0.2, 0.25) is 0 Å². The molecule has 198 valence electrons. The first kappa shape index (κ1) is 25.1. The molecule has 4 saturated carbocycles. The molecule has 0 aromatic carbocycles. The van der Waals surface area contributed by atoms with Gasteiger partial charge in [-0.1, -0.05) is 64.0 Å². The summed E-state index contributed by atoms with van der Waals surface area (Å²) in [6, 6.07) is 0. The monoisotopic (exact) mass is 491 g/mol. The molecule has 9 atom stereocenters. The largest absolute Gasteiger partial charge is 0.396 e. The van der Waals surface area contributed by atoms with Gasteiger partial charge in [-0.05, 0) is 114 Å². The van der Waals surface area contributed by atoms with Crippen LogP contribution in [0.1, 0.15) is 85.5 Å². The number of aliphatic hydroxyl groups is 2. The van der Waals surface area contributed by atoms with Gasteiger partial charge < -0.3 is 10.2 Å². The average molecular weight is 492 g/mol. The molecular weight excluding hydrogens is 442 g/mol.